The number of rotatable bonds is 8. The minimum Gasteiger partial charge on any atom is -0.352 e. The molecule has 0 radical (unpaired) electrons. The molecule has 1 aliphatic carbocycles. The highest BCUT2D eigenvalue weighted by Gasteiger charge is 2.47. The summed E-state index contributed by atoms with van der Waals surface area (Å²) in [5.41, 5.74) is 1.25. The van der Waals surface area contributed by atoms with Gasteiger partial charge in [0.2, 0.25) is 5.91 Å². The fraction of sp³-hybridized carbons (Fsp3) is 0.522. The van der Waals surface area contributed by atoms with Crippen LogP contribution in [0.2, 0.25) is 0 Å². The van der Waals surface area contributed by atoms with E-state index in [0.717, 1.165) is 12.8 Å². The number of hydrogen-bond donors (Lipinski definition) is 2. The number of carbonyl (C=O) groups is 3. The zero-order chi connectivity index (χ0) is 23.9. The number of nitro benzene ring substituents is 1. The number of amides is 4. The van der Waals surface area contributed by atoms with Crippen molar-refractivity contribution in [3.05, 3.63) is 51.2 Å². The van der Waals surface area contributed by atoms with E-state index < -0.39 is 17.0 Å². The molecule has 1 fully saturated rings. The van der Waals surface area contributed by atoms with Crippen molar-refractivity contribution in [2.45, 2.75) is 58.2 Å². The van der Waals surface area contributed by atoms with E-state index in [4.69, 9.17) is 0 Å². The summed E-state index contributed by atoms with van der Waals surface area (Å²) in [6.45, 7) is 6.32. The summed E-state index contributed by atoms with van der Waals surface area (Å²) >= 11 is 0. The van der Waals surface area contributed by atoms with Gasteiger partial charge in [0.15, 0.2) is 0 Å². The second-order valence-corrected chi connectivity index (χ2v) is 9.20. The van der Waals surface area contributed by atoms with Gasteiger partial charge in [0.05, 0.1) is 28.8 Å². The van der Waals surface area contributed by atoms with E-state index in [0.29, 0.717) is 29.8 Å². The van der Waals surface area contributed by atoms with Crippen LogP contribution in [0.1, 0.15) is 51.6 Å². The van der Waals surface area contributed by atoms with Crippen molar-refractivity contribution in [3.63, 3.8) is 0 Å². The molecule has 0 unspecified atom stereocenters. The molecule has 176 valence electrons. The minimum absolute atomic E-state index is 0.120. The van der Waals surface area contributed by atoms with Crippen LogP contribution in [-0.2, 0) is 9.59 Å². The van der Waals surface area contributed by atoms with Gasteiger partial charge in [0.25, 0.3) is 11.6 Å². The second kappa shape index (κ2) is 8.84. The van der Waals surface area contributed by atoms with Crippen LogP contribution in [0.15, 0.2) is 35.5 Å². The van der Waals surface area contributed by atoms with Crippen LogP contribution in [0.5, 0.6) is 0 Å². The number of benzene rings is 1. The molecule has 0 bridgehead atoms. The number of nitrogens with zero attached hydrogens (tertiary/aromatic N) is 3. The van der Waals surface area contributed by atoms with Crippen molar-refractivity contribution in [3.8, 4) is 0 Å². The Bertz CT molecular complexity index is 1030. The fourth-order valence-electron chi connectivity index (χ4n) is 4.51. The van der Waals surface area contributed by atoms with Gasteiger partial charge < -0.3 is 15.5 Å². The third-order valence-electron chi connectivity index (χ3n) is 6.28. The Morgan fingerprint density at radius 1 is 1.30 bits per heavy atom. The normalized spacial score (nSPS) is 21.3. The lowest BCUT2D eigenvalue weighted by Crippen LogP contribution is -2.49. The zero-order valence-electron chi connectivity index (χ0n) is 19.0. The molecule has 0 saturated heterocycles. The minimum atomic E-state index is -0.820. The Kier molecular flexibility index (Phi) is 6.09. The van der Waals surface area contributed by atoms with Crippen LogP contribution in [-0.4, -0.2) is 57.7 Å². The predicted molar refractivity (Wildman–Crippen MR) is 120 cm³/mol. The predicted octanol–water partition coefficient (Wildman–Crippen LogP) is 2.47. The number of non-ortho nitro benzene ring substituents is 1. The SMILES string of the molecule is CCN1C(=O)N[C@H](c2cccc([N+](=O)[O-])c2)C2=C1CN([C@@H](CC(C)C)C(=O)NC1CC1)C2=O. The van der Waals surface area contributed by atoms with E-state index in [9.17, 15) is 24.5 Å². The average molecular weight is 456 g/mol. The third-order valence-corrected chi connectivity index (χ3v) is 6.28. The quantitative estimate of drug-likeness (QED) is 0.460. The van der Waals surface area contributed by atoms with Gasteiger partial charge >= 0.3 is 6.03 Å². The first-order valence-electron chi connectivity index (χ1n) is 11.4. The van der Waals surface area contributed by atoms with Crippen LogP contribution in [0, 0.1) is 16.0 Å². The van der Waals surface area contributed by atoms with Crippen LogP contribution in [0.3, 0.4) is 0 Å². The summed E-state index contributed by atoms with van der Waals surface area (Å²) < 4.78 is 0. The summed E-state index contributed by atoms with van der Waals surface area (Å²) in [7, 11) is 0. The van der Waals surface area contributed by atoms with Crippen LogP contribution >= 0.6 is 0 Å². The molecule has 0 aromatic heterocycles. The molecule has 1 saturated carbocycles. The number of hydrogen-bond acceptors (Lipinski definition) is 5. The van der Waals surface area contributed by atoms with E-state index in [1.54, 1.807) is 11.0 Å². The lowest BCUT2D eigenvalue weighted by atomic mass is 9.95. The highest BCUT2D eigenvalue weighted by molar-refractivity contribution is 6.03. The van der Waals surface area contributed by atoms with E-state index in [-0.39, 0.29) is 42.0 Å². The van der Waals surface area contributed by atoms with E-state index in [1.165, 1.54) is 23.1 Å². The standard InChI is InChI=1S/C23H29N5O5/c1-4-26-18-12-27(17(10-13(2)3)21(29)24-15-8-9-15)22(30)19(18)20(25-23(26)31)14-6-5-7-16(11-14)28(32)33/h5-7,11,13,15,17,20H,4,8-10,12H2,1-3H3,(H,24,29)(H,25,31)/t17-,20+/m0/s1. The molecular weight excluding hydrogens is 426 g/mol. The molecule has 33 heavy (non-hydrogen) atoms. The Labute approximate surface area is 192 Å². The summed E-state index contributed by atoms with van der Waals surface area (Å²) in [6, 6.07) is 4.26. The molecule has 0 spiro atoms. The molecule has 3 aliphatic rings. The van der Waals surface area contributed by atoms with Crippen molar-refractivity contribution in [2.24, 2.45) is 5.92 Å². The lowest BCUT2D eigenvalue weighted by molar-refractivity contribution is -0.384. The van der Waals surface area contributed by atoms with Crippen molar-refractivity contribution in [1.82, 2.24) is 20.4 Å². The van der Waals surface area contributed by atoms with Gasteiger partial charge in [-0.25, -0.2) is 4.79 Å². The maximum Gasteiger partial charge on any atom is 0.322 e. The molecule has 10 nitrogen and oxygen atoms in total. The van der Waals surface area contributed by atoms with Crippen molar-refractivity contribution < 1.29 is 19.3 Å². The topological polar surface area (TPSA) is 125 Å². The number of nitro groups is 1. The summed E-state index contributed by atoms with van der Waals surface area (Å²) in [5, 5.41) is 17.1. The first kappa shape index (κ1) is 22.8. The first-order chi connectivity index (χ1) is 15.7. The van der Waals surface area contributed by atoms with E-state index in [1.807, 2.05) is 20.8 Å². The molecule has 1 aromatic rings. The summed E-state index contributed by atoms with van der Waals surface area (Å²) in [4.78, 5) is 53.5. The van der Waals surface area contributed by atoms with Gasteiger partial charge in [-0.15, -0.1) is 0 Å². The Morgan fingerprint density at radius 3 is 2.64 bits per heavy atom. The van der Waals surface area contributed by atoms with Gasteiger partial charge in [-0.3, -0.25) is 24.6 Å². The smallest absolute Gasteiger partial charge is 0.322 e. The van der Waals surface area contributed by atoms with Gasteiger partial charge in [0, 0.05) is 24.7 Å². The van der Waals surface area contributed by atoms with Gasteiger partial charge in [-0.1, -0.05) is 26.0 Å². The lowest BCUT2D eigenvalue weighted by Gasteiger charge is -2.32. The second-order valence-electron chi connectivity index (χ2n) is 9.20. The van der Waals surface area contributed by atoms with Crippen LogP contribution in [0.25, 0.3) is 0 Å². The fourth-order valence-corrected chi connectivity index (χ4v) is 4.51. The van der Waals surface area contributed by atoms with Crippen LogP contribution < -0.4 is 10.6 Å². The molecule has 1 aromatic carbocycles. The Morgan fingerprint density at radius 2 is 2.03 bits per heavy atom. The van der Waals surface area contributed by atoms with Crippen LogP contribution in [0.4, 0.5) is 10.5 Å². The third kappa shape index (κ3) is 4.42. The molecule has 2 heterocycles. The number of urea groups is 1. The monoisotopic (exact) mass is 455 g/mol. The Balaban J connectivity index is 1.71. The van der Waals surface area contributed by atoms with Gasteiger partial charge in [0.1, 0.15) is 6.04 Å². The molecule has 2 atom stereocenters. The van der Waals surface area contributed by atoms with Gasteiger partial charge in [-0.2, -0.15) is 0 Å². The van der Waals surface area contributed by atoms with Crippen molar-refractivity contribution >= 4 is 23.5 Å². The highest BCUT2D eigenvalue weighted by Crippen LogP contribution is 2.38. The molecule has 10 heteroatoms. The number of likely N-dealkylation sites (N-methyl/N-ethyl adjacent to an activating group) is 1. The van der Waals surface area contributed by atoms with E-state index >= 15 is 0 Å². The molecule has 4 rings (SSSR count). The molecule has 4 amide bonds. The number of carbonyl (C=O) groups excluding carboxylic acids is 3. The first-order valence-corrected chi connectivity index (χ1v) is 11.4. The number of nitrogens with one attached hydrogen (secondary N) is 2. The van der Waals surface area contributed by atoms with Crippen molar-refractivity contribution in [2.75, 3.05) is 13.1 Å². The maximum absolute atomic E-state index is 13.7. The van der Waals surface area contributed by atoms with E-state index in [2.05, 4.69) is 10.6 Å². The average Bonchev–Trinajstić information content (AvgIpc) is 3.52. The molecule has 2 aliphatic heterocycles. The highest BCUT2D eigenvalue weighted by atomic mass is 16.6. The maximum atomic E-state index is 13.7. The largest absolute Gasteiger partial charge is 0.352 e. The molecule has 2 N–H and O–H groups in total. The molecular formula is C23H29N5O5. The van der Waals surface area contributed by atoms with Gasteiger partial charge in [-0.05, 0) is 37.7 Å². The Hall–Kier alpha value is -3.43. The summed E-state index contributed by atoms with van der Waals surface area (Å²) in [6.07, 6.45) is 2.39. The summed E-state index contributed by atoms with van der Waals surface area (Å²) in [5.74, 6) is -0.315. The zero-order valence-corrected chi connectivity index (χ0v) is 19.0. The van der Waals surface area contributed by atoms with Crippen molar-refractivity contribution in [1.29, 1.82) is 0 Å².